The van der Waals surface area contributed by atoms with Crippen molar-refractivity contribution in [2.75, 3.05) is 7.11 Å². The minimum absolute atomic E-state index is 0.0119. The van der Waals surface area contributed by atoms with Gasteiger partial charge >= 0.3 is 5.97 Å². The van der Waals surface area contributed by atoms with Crippen LogP contribution in [0.3, 0.4) is 0 Å². The van der Waals surface area contributed by atoms with E-state index in [-0.39, 0.29) is 16.4 Å². The van der Waals surface area contributed by atoms with Crippen molar-refractivity contribution < 1.29 is 17.9 Å². The van der Waals surface area contributed by atoms with Gasteiger partial charge in [-0.1, -0.05) is 43.7 Å². The molecule has 0 aliphatic rings. The molecule has 0 unspecified atom stereocenters. The van der Waals surface area contributed by atoms with E-state index in [0.29, 0.717) is 11.1 Å². The highest BCUT2D eigenvalue weighted by Gasteiger charge is 2.23. The van der Waals surface area contributed by atoms with Crippen LogP contribution in [0.5, 0.6) is 0 Å². The van der Waals surface area contributed by atoms with Gasteiger partial charge in [0.2, 0.25) is 10.0 Å². The molecule has 0 heterocycles. The van der Waals surface area contributed by atoms with Crippen LogP contribution in [0, 0.1) is 6.92 Å². The zero-order chi connectivity index (χ0) is 18.1. The maximum atomic E-state index is 12.1. The number of rotatable bonds is 4. The lowest BCUT2D eigenvalue weighted by Gasteiger charge is -2.17. The van der Waals surface area contributed by atoms with Crippen molar-refractivity contribution in [1.29, 1.82) is 0 Å². The van der Waals surface area contributed by atoms with E-state index in [0.717, 1.165) is 11.1 Å². The summed E-state index contributed by atoms with van der Waals surface area (Å²) < 4.78 is 28.9. The maximum absolute atomic E-state index is 12.1. The van der Waals surface area contributed by atoms with E-state index in [1.54, 1.807) is 6.07 Å². The molecule has 0 bridgehead atoms. The first-order valence-corrected chi connectivity index (χ1v) is 9.06. The molecule has 0 saturated carbocycles. The summed E-state index contributed by atoms with van der Waals surface area (Å²) in [6.07, 6.45) is 0. The summed E-state index contributed by atoms with van der Waals surface area (Å²) >= 11 is 0. The summed E-state index contributed by atoms with van der Waals surface area (Å²) in [6.45, 7) is 5.80. The Labute approximate surface area is 142 Å². The predicted octanol–water partition coefficient (Wildman–Crippen LogP) is 3.22. The van der Waals surface area contributed by atoms with Crippen molar-refractivity contribution in [1.82, 2.24) is 0 Å². The van der Waals surface area contributed by atoms with E-state index in [2.05, 4.69) is 0 Å². The van der Waals surface area contributed by atoms with E-state index in [9.17, 15) is 13.2 Å². The number of methoxy groups -OCH3 is 1. The molecule has 0 aliphatic heterocycles. The van der Waals surface area contributed by atoms with Gasteiger partial charge in [-0.3, -0.25) is 0 Å². The normalized spacial score (nSPS) is 11.6. The summed E-state index contributed by atoms with van der Waals surface area (Å²) in [5, 5.41) is 5.38. The lowest BCUT2D eigenvalue weighted by Crippen LogP contribution is -2.16. The molecule has 24 heavy (non-hydrogen) atoms. The number of esters is 1. The Morgan fingerprint density at radius 2 is 1.71 bits per heavy atom. The second-order valence-corrected chi connectivity index (χ2v) is 7.52. The summed E-state index contributed by atoms with van der Waals surface area (Å²) in [4.78, 5) is 12.0. The molecule has 0 amide bonds. The fourth-order valence-corrected chi connectivity index (χ4v) is 3.32. The topological polar surface area (TPSA) is 86.5 Å². The van der Waals surface area contributed by atoms with Crippen molar-refractivity contribution in [2.24, 2.45) is 5.14 Å². The van der Waals surface area contributed by atoms with E-state index in [4.69, 9.17) is 9.88 Å². The lowest BCUT2D eigenvalue weighted by atomic mass is 9.92. The average Bonchev–Trinajstić information content (AvgIpc) is 2.52. The molecule has 128 valence electrons. The molecule has 0 aliphatic carbocycles. The van der Waals surface area contributed by atoms with Crippen LogP contribution < -0.4 is 5.14 Å². The second-order valence-electron chi connectivity index (χ2n) is 5.99. The molecule has 0 radical (unpaired) electrons. The van der Waals surface area contributed by atoms with Crippen molar-refractivity contribution in [3.8, 4) is 11.1 Å². The largest absolute Gasteiger partial charge is 0.465 e. The molecular formula is C18H21NO4S. The van der Waals surface area contributed by atoms with Crippen LogP contribution in [0.15, 0.2) is 41.3 Å². The van der Waals surface area contributed by atoms with E-state index in [1.807, 2.05) is 45.0 Å². The Hall–Kier alpha value is -2.18. The predicted molar refractivity (Wildman–Crippen MR) is 93.4 cm³/mol. The molecule has 0 spiro atoms. The highest BCUT2D eigenvalue weighted by molar-refractivity contribution is 7.89. The quantitative estimate of drug-likeness (QED) is 0.860. The fourth-order valence-electron chi connectivity index (χ4n) is 2.56. The number of nitrogens with two attached hydrogens (primary N) is 1. The molecule has 6 heteroatoms. The number of benzene rings is 2. The Kier molecular flexibility index (Phi) is 5.11. The van der Waals surface area contributed by atoms with Crippen molar-refractivity contribution in [3.05, 3.63) is 53.1 Å². The van der Waals surface area contributed by atoms with Crippen LogP contribution in [0.1, 0.15) is 41.3 Å². The van der Waals surface area contributed by atoms with Gasteiger partial charge in [-0.15, -0.1) is 0 Å². The summed E-state index contributed by atoms with van der Waals surface area (Å²) in [5.74, 6) is -0.572. The number of hydrogen-bond donors (Lipinski definition) is 1. The Bertz CT molecular complexity index is 869. The third-order valence-corrected chi connectivity index (χ3v) is 4.80. The molecule has 0 fully saturated rings. The standard InChI is InChI=1S/C18H21NO4S/c1-11(2)14-9-15(13-7-5-12(3)6-8-13)17(24(19,21)22)10-16(14)18(20)23-4/h5-11H,1-4H3,(H2,19,21,22). The van der Waals surface area contributed by atoms with Crippen molar-refractivity contribution in [3.63, 3.8) is 0 Å². The third kappa shape index (κ3) is 3.66. The van der Waals surface area contributed by atoms with Crippen LogP contribution in [0.4, 0.5) is 0 Å². The van der Waals surface area contributed by atoms with Gasteiger partial charge in [-0.2, -0.15) is 0 Å². The van der Waals surface area contributed by atoms with Gasteiger partial charge in [-0.25, -0.2) is 18.4 Å². The molecule has 2 rings (SSSR count). The monoisotopic (exact) mass is 347 g/mol. The van der Waals surface area contributed by atoms with E-state index >= 15 is 0 Å². The zero-order valence-corrected chi connectivity index (χ0v) is 15.0. The smallest absolute Gasteiger partial charge is 0.338 e. The molecule has 5 nitrogen and oxygen atoms in total. The van der Waals surface area contributed by atoms with Crippen LogP contribution in [0.25, 0.3) is 11.1 Å². The number of ether oxygens (including phenoxy) is 1. The highest BCUT2D eigenvalue weighted by atomic mass is 32.2. The van der Waals surface area contributed by atoms with Crippen molar-refractivity contribution in [2.45, 2.75) is 31.6 Å². The van der Waals surface area contributed by atoms with Gasteiger partial charge in [0.15, 0.2) is 0 Å². The first-order chi connectivity index (χ1) is 11.1. The van der Waals surface area contributed by atoms with Gasteiger partial charge in [0, 0.05) is 5.56 Å². The fraction of sp³-hybridized carbons (Fsp3) is 0.278. The number of sulfonamides is 1. The SMILES string of the molecule is COC(=O)c1cc(S(N)(=O)=O)c(-c2ccc(C)cc2)cc1C(C)C. The van der Waals surface area contributed by atoms with Gasteiger partial charge < -0.3 is 4.74 Å². The Morgan fingerprint density at radius 1 is 1.12 bits per heavy atom. The zero-order valence-electron chi connectivity index (χ0n) is 14.2. The molecule has 0 atom stereocenters. The van der Waals surface area contributed by atoms with Crippen LogP contribution in [-0.2, 0) is 14.8 Å². The van der Waals surface area contributed by atoms with Gasteiger partial charge in [0.05, 0.1) is 17.6 Å². The summed E-state index contributed by atoms with van der Waals surface area (Å²) in [7, 11) is -2.75. The number of aryl methyl sites for hydroxylation is 1. The first kappa shape index (κ1) is 18.2. The van der Waals surface area contributed by atoms with Crippen LogP contribution in [-0.4, -0.2) is 21.5 Å². The molecule has 2 aromatic rings. The summed E-state index contributed by atoms with van der Waals surface area (Å²) in [6, 6.07) is 10.5. The minimum atomic E-state index is -4.01. The lowest BCUT2D eigenvalue weighted by molar-refractivity contribution is 0.0599. The first-order valence-electron chi connectivity index (χ1n) is 7.51. The highest BCUT2D eigenvalue weighted by Crippen LogP contribution is 2.33. The molecule has 0 aromatic heterocycles. The average molecular weight is 347 g/mol. The maximum Gasteiger partial charge on any atom is 0.338 e. The minimum Gasteiger partial charge on any atom is -0.465 e. The Morgan fingerprint density at radius 3 is 2.17 bits per heavy atom. The van der Waals surface area contributed by atoms with Crippen molar-refractivity contribution >= 4 is 16.0 Å². The third-order valence-electron chi connectivity index (χ3n) is 3.85. The van der Waals surface area contributed by atoms with Gasteiger partial charge in [-0.05, 0) is 36.1 Å². The van der Waals surface area contributed by atoms with E-state index in [1.165, 1.54) is 13.2 Å². The molecular weight excluding hydrogens is 326 g/mol. The second kappa shape index (κ2) is 6.75. The molecule has 0 saturated heterocycles. The molecule has 2 aromatic carbocycles. The number of carbonyl (C=O) groups excluding carboxylic acids is 1. The van der Waals surface area contributed by atoms with E-state index < -0.39 is 16.0 Å². The number of hydrogen-bond acceptors (Lipinski definition) is 4. The Balaban J connectivity index is 2.84. The van der Waals surface area contributed by atoms with Crippen LogP contribution >= 0.6 is 0 Å². The number of carbonyl (C=O) groups is 1. The molecule has 2 N–H and O–H groups in total. The number of primary sulfonamides is 1. The van der Waals surface area contributed by atoms with Crippen LogP contribution in [0.2, 0.25) is 0 Å². The summed E-state index contributed by atoms with van der Waals surface area (Å²) in [5.41, 5.74) is 3.19. The van der Waals surface area contributed by atoms with Gasteiger partial charge in [0.1, 0.15) is 0 Å². The van der Waals surface area contributed by atoms with Gasteiger partial charge in [0.25, 0.3) is 0 Å².